The van der Waals surface area contributed by atoms with E-state index in [9.17, 15) is 4.79 Å². The molecule has 0 N–H and O–H groups in total. The molecule has 1 aromatic carbocycles. The summed E-state index contributed by atoms with van der Waals surface area (Å²) in [5.41, 5.74) is 4.85. The number of Topliss-reactive ketones (excluding diaryl/α,β-unsaturated/α-hetero) is 1. The Kier molecular flexibility index (Phi) is 4.22. The van der Waals surface area contributed by atoms with Gasteiger partial charge in [0.1, 0.15) is 10.8 Å². The smallest absolute Gasteiger partial charge is 0.164 e. The van der Waals surface area contributed by atoms with Crippen molar-refractivity contribution in [1.29, 1.82) is 0 Å². The summed E-state index contributed by atoms with van der Waals surface area (Å²) in [5.74, 6) is 0.157. The van der Waals surface area contributed by atoms with Crippen LogP contribution >= 0.6 is 11.8 Å². The molecule has 0 saturated carbocycles. The van der Waals surface area contributed by atoms with Crippen molar-refractivity contribution >= 4 is 23.2 Å². The number of hydrogen-bond acceptors (Lipinski definition) is 4. The summed E-state index contributed by atoms with van der Waals surface area (Å²) in [5, 5.41) is 5.50. The first-order valence-corrected chi connectivity index (χ1v) is 8.45. The maximum absolute atomic E-state index is 11.6. The second-order valence-corrected chi connectivity index (χ2v) is 7.03. The minimum absolute atomic E-state index is 0.107. The van der Waals surface area contributed by atoms with Crippen molar-refractivity contribution in [2.45, 2.75) is 38.0 Å². The van der Waals surface area contributed by atoms with E-state index in [-0.39, 0.29) is 11.0 Å². The second kappa shape index (κ2) is 6.16. The van der Waals surface area contributed by atoms with Crippen molar-refractivity contribution in [3.8, 4) is 11.1 Å². The largest absolute Gasteiger partial charge is 0.299 e. The number of rotatable bonds is 4. The second-order valence-electron chi connectivity index (χ2n) is 5.67. The fourth-order valence-corrected chi connectivity index (χ4v) is 3.50. The summed E-state index contributed by atoms with van der Waals surface area (Å²) in [6, 6.07) is 12.2. The van der Waals surface area contributed by atoms with Gasteiger partial charge in [-0.3, -0.25) is 4.79 Å². The molecular weight excluding hydrogens is 306 g/mol. The normalized spacial score (nSPS) is 12.5. The standard InChI is InChI=1S/C18H19N3OS/c1-11-10-16(23-14(4)13(3)22)21-18(19-11)17(12(2)20-21)15-8-6-5-7-9-15/h5-10,14H,1-4H3/t14-/m0/s1. The Morgan fingerprint density at radius 2 is 1.91 bits per heavy atom. The fourth-order valence-electron chi connectivity index (χ4n) is 2.50. The zero-order chi connectivity index (χ0) is 16.6. The quantitative estimate of drug-likeness (QED) is 0.535. The SMILES string of the molecule is CC(=O)[C@H](C)Sc1cc(C)nc2c(-c3ccccc3)c(C)nn12. The molecule has 0 fully saturated rings. The average molecular weight is 325 g/mol. The van der Waals surface area contributed by atoms with Crippen LogP contribution in [0.3, 0.4) is 0 Å². The lowest BCUT2D eigenvalue weighted by Gasteiger charge is -2.10. The molecule has 5 heteroatoms. The first-order valence-electron chi connectivity index (χ1n) is 7.57. The molecule has 4 nitrogen and oxygen atoms in total. The van der Waals surface area contributed by atoms with E-state index >= 15 is 0 Å². The summed E-state index contributed by atoms with van der Waals surface area (Å²) >= 11 is 1.52. The summed E-state index contributed by atoms with van der Waals surface area (Å²) in [6.45, 7) is 7.50. The molecule has 0 aliphatic rings. The lowest BCUT2D eigenvalue weighted by Crippen LogP contribution is -2.10. The number of carbonyl (C=O) groups excluding carboxylic acids is 1. The molecule has 0 aliphatic carbocycles. The molecule has 0 radical (unpaired) electrons. The van der Waals surface area contributed by atoms with Crippen LogP contribution in [0.4, 0.5) is 0 Å². The van der Waals surface area contributed by atoms with Crippen LogP contribution in [-0.2, 0) is 4.79 Å². The van der Waals surface area contributed by atoms with E-state index in [1.807, 2.05) is 49.6 Å². The van der Waals surface area contributed by atoms with E-state index in [2.05, 4.69) is 22.2 Å². The Morgan fingerprint density at radius 3 is 2.57 bits per heavy atom. The van der Waals surface area contributed by atoms with Crippen molar-refractivity contribution in [3.05, 3.63) is 47.8 Å². The zero-order valence-electron chi connectivity index (χ0n) is 13.7. The highest BCUT2D eigenvalue weighted by Crippen LogP contribution is 2.31. The van der Waals surface area contributed by atoms with Gasteiger partial charge in [-0.1, -0.05) is 42.1 Å². The molecule has 118 valence electrons. The summed E-state index contributed by atoms with van der Waals surface area (Å²) in [7, 11) is 0. The molecule has 1 atom stereocenters. The Bertz CT molecular complexity index is 871. The number of fused-ring (bicyclic) bond motifs is 1. The monoisotopic (exact) mass is 325 g/mol. The molecule has 0 amide bonds. The lowest BCUT2D eigenvalue weighted by molar-refractivity contribution is -0.116. The highest BCUT2D eigenvalue weighted by atomic mass is 32.2. The maximum Gasteiger partial charge on any atom is 0.164 e. The van der Waals surface area contributed by atoms with Crippen LogP contribution in [0.2, 0.25) is 0 Å². The highest BCUT2D eigenvalue weighted by molar-refractivity contribution is 8.00. The number of benzene rings is 1. The van der Waals surface area contributed by atoms with Gasteiger partial charge < -0.3 is 0 Å². The van der Waals surface area contributed by atoms with Crippen LogP contribution in [0.1, 0.15) is 25.2 Å². The number of aromatic nitrogens is 3. The van der Waals surface area contributed by atoms with Gasteiger partial charge in [0, 0.05) is 11.3 Å². The zero-order valence-corrected chi connectivity index (χ0v) is 14.5. The molecule has 0 spiro atoms. The van der Waals surface area contributed by atoms with Crippen LogP contribution in [0.25, 0.3) is 16.8 Å². The van der Waals surface area contributed by atoms with Gasteiger partial charge in [0.2, 0.25) is 0 Å². The van der Waals surface area contributed by atoms with E-state index in [0.29, 0.717) is 0 Å². The summed E-state index contributed by atoms with van der Waals surface area (Å²) < 4.78 is 1.86. The number of nitrogens with zero attached hydrogens (tertiary/aromatic N) is 3. The Labute approximate surface area is 139 Å². The van der Waals surface area contributed by atoms with E-state index in [1.165, 1.54) is 11.8 Å². The molecule has 3 rings (SSSR count). The van der Waals surface area contributed by atoms with Gasteiger partial charge in [0.05, 0.1) is 10.9 Å². The Balaban J connectivity index is 2.20. The molecule has 2 heterocycles. The highest BCUT2D eigenvalue weighted by Gasteiger charge is 2.18. The third kappa shape index (κ3) is 3.01. The lowest BCUT2D eigenvalue weighted by atomic mass is 10.1. The minimum atomic E-state index is -0.107. The molecule has 23 heavy (non-hydrogen) atoms. The van der Waals surface area contributed by atoms with E-state index in [1.54, 1.807) is 6.92 Å². The van der Waals surface area contributed by atoms with Crippen LogP contribution in [0.15, 0.2) is 41.4 Å². The van der Waals surface area contributed by atoms with Gasteiger partial charge in [-0.25, -0.2) is 9.50 Å². The summed E-state index contributed by atoms with van der Waals surface area (Å²) in [4.78, 5) is 16.3. The molecule has 0 bridgehead atoms. The number of aryl methyl sites for hydroxylation is 2. The van der Waals surface area contributed by atoms with Crippen LogP contribution in [0, 0.1) is 13.8 Å². The fraction of sp³-hybridized carbons (Fsp3) is 0.278. The van der Waals surface area contributed by atoms with Gasteiger partial charge in [-0.2, -0.15) is 5.10 Å². The van der Waals surface area contributed by atoms with E-state index in [0.717, 1.165) is 33.2 Å². The molecule has 0 saturated heterocycles. The first kappa shape index (κ1) is 15.7. The van der Waals surface area contributed by atoms with Gasteiger partial charge in [0.15, 0.2) is 5.65 Å². The van der Waals surface area contributed by atoms with Crippen molar-refractivity contribution in [2.75, 3.05) is 0 Å². The summed E-state index contributed by atoms with van der Waals surface area (Å²) in [6.07, 6.45) is 0. The molecular formula is C18H19N3OS. The predicted molar refractivity (Wildman–Crippen MR) is 93.9 cm³/mol. The molecule has 0 aliphatic heterocycles. The van der Waals surface area contributed by atoms with Crippen LogP contribution in [0.5, 0.6) is 0 Å². The van der Waals surface area contributed by atoms with Crippen molar-refractivity contribution < 1.29 is 4.79 Å². The number of ketones is 1. The molecule has 2 aromatic heterocycles. The Hall–Kier alpha value is -2.14. The Morgan fingerprint density at radius 1 is 1.22 bits per heavy atom. The number of carbonyl (C=O) groups is 1. The minimum Gasteiger partial charge on any atom is -0.299 e. The third-order valence-corrected chi connectivity index (χ3v) is 5.01. The first-order chi connectivity index (χ1) is 11.0. The van der Waals surface area contributed by atoms with Crippen LogP contribution in [-0.4, -0.2) is 25.6 Å². The third-order valence-electron chi connectivity index (χ3n) is 3.79. The topological polar surface area (TPSA) is 47.3 Å². The van der Waals surface area contributed by atoms with Crippen molar-refractivity contribution in [3.63, 3.8) is 0 Å². The number of hydrogen-bond donors (Lipinski definition) is 0. The maximum atomic E-state index is 11.6. The van der Waals surface area contributed by atoms with Crippen molar-refractivity contribution in [1.82, 2.24) is 14.6 Å². The molecule has 0 unspecified atom stereocenters. The van der Waals surface area contributed by atoms with Crippen LogP contribution < -0.4 is 0 Å². The van der Waals surface area contributed by atoms with Gasteiger partial charge in [0.25, 0.3) is 0 Å². The number of thioether (sulfide) groups is 1. The predicted octanol–water partition coefficient (Wildman–Crippen LogP) is 4.08. The van der Waals surface area contributed by atoms with Gasteiger partial charge >= 0.3 is 0 Å². The molecule has 3 aromatic rings. The van der Waals surface area contributed by atoms with Gasteiger partial charge in [-0.05, 0) is 39.3 Å². The van der Waals surface area contributed by atoms with E-state index in [4.69, 9.17) is 0 Å². The van der Waals surface area contributed by atoms with Crippen molar-refractivity contribution in [2.24, 2.45) is 0 Å². The van der Waals surface area contributed by atoms with Gasteiger partial charge in [-0.15, -0.1) is 0 Å². The average Bonchev–Trinajstić information content (AvgIpc) is 2.84. The van der Waals surface area contributed by atoms with E-state index < -0.39 is 0 Å².